The average Bonchev–Trinajstić information content (AvgIpc) is 3.14. The van der Waals surface area contributed by atoms with E-state index in [1.165, 1.54) is 0 Å². The van der Waals surface area contributed by atoms with Crippen molar-refractivity contribution in [3.8, 4) is 5.75 Å². The van der Waals surface area contributed by atoms with Crippen LogP contribution in [0.5, 0.6) is 5.75 Å². The summed E-state index contributed by atoms with van der Waals surface area (Å²) in [6.45, 7) is 1.89. The number of rotatable bonds is 2. The Morgan fingerprint density at radius 2 is 2.18 bits per heavy atom. The Balaban J connectivity index is 1.64. The van der Waals surface area contributed by atoms with Crippen LogP contribution >= 0.6 is 0 Å². The molecule has 2 N–H and O–H groups in total. The van der Waals surface area contributed by atoms with Crippen molar-refractivity contribution < 1.29 is 24.2 Å². The van der Waals surface area contributed by atoms with Gasteiger partial charge in [0.2, 0.25) is 5.91 Å². The van der Waals surface area contributed by atoms with Crippen molar-refractivity contribution in [2.75, 3.05) is 25.7 Å². The second kappa shape index (κ2) is 5.58. The van der Waals surface area contributed by atoms with E-state index in [1.807, 2.05) is 18.2 Å². The lowest BCUT2D eigenvalue weighted by atomic mass is 9.71. The third kappa shape index (κ3) is 1.91. The zero-order valence-electron chi connectivity index (χ0n) is 16.2. The second-order valence-electron chi connectivity index (χ2n) is 8.39. The fourth-order valence-corrected chi connectivity index (χ4v) is 5.85. The number of anilines is 1. The summed E-state index contributed by atoms with van der Waals surface area (Å²) >= 11 is 0. The van der Waals surface area contributed by atoms with Gasteiger partial charge in [-0.3, -0.25) is 9.59 Å². The van der Waals surface area contributed by atoms with Crippen LogP contribution in [0.4, 0.5) is 5.69 Å². The number of aliphatic hydroxyl groups is 1. The molecule has 2 saturated heterocycles. The zero-order chi connectivity index (χ0) is 19.8. The maximum absolute atomic E-state index is 13.5. The Morgan fingerprint density at radius 1 is 1.39 bits per heavy atom. The van der Waals surface area contributed by atoms with E-state index in [1.54, 1.807) is 26.0 Å². The molecule has 2 fully saturated rings. The van der Waals surface area contributed by atoms with Crippen molar-refractivity contribution in [1.29, 1.82) is 0 Å². The van der Waals surface area contributed by atoms with Crippen molar-refractivity contribution in [3.05, 3.63) is 35.1 Å². The first-order chi connectivity index (χ1) is 13.4. The first-order valence-electron chi connectivity index (χ1n) is 9.60. The number of carbonyl (C=O) groups is 2. The first-order valence-corrected chi connectivity index (χ1v) is 9.60. The molecule has 148 valence electrons. The van der Waals surface area contributed by atoms with E-state index < -0.39 is 11.0 Å². The fourth-order valence-electron chi connectivity index (χ4n) is 5.85. The predicted octanol–water partition coefficient (Wildman–Crippen LogP) is 0.894. The molecule has 5 rings (SSSR count). The minimum Gasteiger partial charge on any atom is -0.497 e. The number of aldehydes is 1. The number of hydrogen-bond acceptors (Lipinski definition) is 6. The monoisotopic (exact) mass is 384 g/mol. The standard InChI is InChI=1S/C21H24N2O5/c1-11-13(9-24)15-7-17-20(8-18(22-17)21(15,26)10-28-11)14-5-4-12(27-3)6-16(14)23(2)19(20)25/h4-6,9,15,17-18,22,26H,7-8,10H2,1-3H3/t15-,17+,18+,20-,21-/m0/s1. The number of hydrogen-bond donors (Lipinski definition) is 2. The number of carbonyl (C=O) groups excluding carboxylic acids is 2. The van der Waals surface area contributed by atoms with Crippen molar-refractivity contribution in [3.63, 3.8) is 0 Å². The molecule has 28 heavy (non-hydrogen) atoms. The van der Waals surface area contributed by atoms with E-state index in [2.05, 4.69) is 5.32 Å². The second-order valence-corrected chi connectivity index (χ2v) is 8.39. The summed E-state index contributed by atoms with van der Waals surface area (Å²) in [4.78, 5) is 26.9. The average molecular weight is 384 g/mol. The molecule has 4 aliphatic heterocycles. The van der Waals surface area contributed by atoms with Crippen LogP contribution in [0, 0.1) is 5.92 Å². The molecule has 0 radical (unpaired) electrons. The van der Waals surface area contributed by atoms with Crippen LogP contribution in [0.25, 0.3) is 0 Å². The lowest BCUT2D eigenvalue weighted by molar-refractivity contribution is -0.124. The van der Waals surface area contributed by atoms with Gasteiger partial charge in [-0.2, -0.15) is 0 Å². The third-order valence-corrected chi connectivity index (χ3v) is 7.36. The molecule has 7 heteroatoms. The lowest BCUT2D eigenvalue weighted by Gasteiger charge is -2.47. The van der Waals surface area contributed by atoms with Gasteiger partial charge < -0.3 is 24.8 Å². The Hall–Kier alpha value is -2.38. The SMILES string of the molecule is COc1ccc2c(c1)N(C)C(=O)[C@@]21C[C@H]2N[C@@H]1C[C@H]1C(C=O)=C(C)OC[C@@]21O. The Kier molecular flexibility index (Phi) is 3.53. The van der Waals surface area contributed by atoms with Gasteiger partial charge in [-0.05, 0) is 31.4 Å². The molecule has 0 saturated carbocycles. The molecule has 4 heterocycles. The van der Waals surface area contributed by atoms with Gasteiger partial charge >= 0.3 is 0 Å². The van der Waals surface area contributed by atoms with Gasteiger partial charge in [0.25, 0.3) is 0 Å². The minimum absolute atomic E-state index is 0.0206. The van der Waals surface area contributed by atoms with Gasteiger partial charge in [0.15, 0.2) is 0 Å². The van der Waals surface area contributed by atoms with E-state index in [9.17, 15) is 14.7 Å². The van der Waals surface area contributed by atoms with Gasteiger partial charge in [-0.15, -0.1) is 0 Å². The van der Waals surface area contributed by atoms with Gasteiger partial charge in [0.1, 0.15) is 24.2 Å². The molecular formula is C21H24N2O5. The highest BCUT2D eigenvalue weighted by atomic mass is 16.5. The number of benzene rings is 1. The number of methoxy groups -OCH3 is 1. The van der Waals surface area contributed by atoms with E-state index in [-0.39, 0.29) is 30.5 Å². The highest BCUT2D eigenvalue weighted by Crippen LogP contribution is 2.57. The van der Waals surface area contributed by atoms with Gasteiger partial charge in [0.05, 0.1) is 24.0 Å². The topological polar surface area (TPSA) is 88.1 Å². The molecule has 7 nitrogen and oxygen atoms in total. The van der Waals surface area contributed by atoms with Crippen molar-refractivity contribution >= 4 is 17.9 Å². The summed E-state index contributed by atoms with van der Waals surface area (Å²) < 4.78 is 11.0. The molecule has 5 atom stereocenters. The van der Waals surface area contributed by atoms with Crippen LogP contribution in [0.3, 0.4) is 0 Å². The van der Waals surface area contributed by atoms with E-state index in [4.69, 9.17) is 9.47 Å². The summed E-state index contributed by atoms with van der Waals surface area (Å²) in [5.74, 6) is 0.953. The van der Waals surface area contributed by atoms with Crippen LogP contribution in [0.1, 0.15) is 25.3 Å². The van der Waals surface area contributed by atoms with Gasteiger partial charge in [0, 0.05) is 36.7 Å². The third-order valence-electron chi connectivity index (χ3n) is 7.36. The quantitative estimate of drug-likeness (QED) is 0.737. The van der Waals surface area contributed by atoms with Crippen LogP contribution in [-0.2, 0) is 19.7 Å². The number of allylic oxidation sites excluding steroid dienone is 1. The molecule has 4 aliphatic rings. The molecule has 1 aromatic rings. The molecule has 2 bridgehead atoms. The van der Waals surface area contributed by atoms with E-state index in [0.717, 1.165) is 17.5 Å². The van der Waals surface area contributed by atoms with E-state index >= 15 is 0 Å². The molecule has 0 aromatic heterocycles. The molecular weight excluding hydrogens is 360 g/mol. The Bertz CT molecular complexity index is 927. The van der Waals surface area contributed by atoms with Crippen LogP contribution in [-0.4, -0.2) is 55.7 Å². The highest BCUT2D eigenvalue weighted by molar-refractivity contribution is 6.09. The summed E-state index contributed by atoms with van der Waals surface area (Å²) in [5.41, 5.74) is 0.348. The normalized spacial score (nSPS) is 38.4. The smallest absolute Gasteiger partial charge is 0.239 e. The van der Waals surface area contributed by atoms with Gasteiger partial charge in [-0.25, -0.2) is 0 Å². The van der Waals surface area contributed by atoms with Crippen molar-refractivity contribution in [1.82, 2.24) is 5.32 Å². The van der Waals surface area contributed by atoms with Crippen LogP contribution in [0.2, 0.25) is 0 Å². The fraction of sp³-hybridized carbons (Fsp3) is 0.524. The highest BCUT2D eigenvalue weighted by Gasteiger charge is 2.68. The first kappa shape index (κ1) is 17.7. The number of piperidine rings is 1. The molecule has 1 aromatic carbocycles. The van der Waals surface area contributed by atoms with Gasteiger partial charge in [-0.1, -0.05) is 6.07 Å². The molecule has 0 unspecified atom stereocenters. The summed E-state index contributed by atoms with van der Waals surface area (Å²) in [6.07, 6.45) is 1.78. The minimum atomic E-state index is -1.20. The summed E-state index contributed by atoms with van der Waals surface area (Å²) in [6, 6.07) is 5.24. The number of fused-ring (bicyclic) bond motifs is 7. The zero-order valence-corrected chi connectivity index (χ0v) is 16.2. The number of nitrogens with one attached hydrogen (secondary N) is 1. The van der Waals surface area contributed by atoms with Crippen LogP contribution < -0.4 is 15.0 Å². The molecule has 1 spiro atoms. The maximum Gasteiger partial charge on any atom is 0.239 e. The van der Waals surface area contributed by atoms with Crippen molar-refractivity contribution in [2.24, 2.45) is 5.92 Å². The number of ether oxygens (including phenoxy) is 2. The van der Waals surface area contributed by atoms with Crippen LogP contribution in [0.15, 0.2) is 29.5 Å². The number of nitrogens with zero attached hydrogens (tertiary/aromatic N) is 1. The Labute approximate surface area is 163 Å². The largest absolute Gasteiger partial charge is 0.497 e. The predicted molar refractivity (Wildman–Crippen MR) is 101 cm³/mol. The Morgan fingerprint density at radius 3 is 2.89 bits per heavy atom. The summed E-state index contributed by atoms with van der Waals surface area (Å²) in [5, 5.41) is 15.0. The summed E-state index contributed by atoms with van der Waals surface area (Å²) in [7, 11) is 3.39. The van der Waals surface area contributed by atoms with E-state index in [0.29, 0.717) is 29.9 Å². The number of amides is 1. The van der Waals surface area contributed by atoms with Crippen molar-refractivity contribution in [2.45, 2.75) is 42.9 Å². The maximum atomic E-state index is 13.5. The molecule has 1 amide bonds. The lowest BCUT2D eigenvalue weighted by Crippen LogP contribution is -2.64. The molecule has 0 aliphatic carbocycles. The number of likely N-dealkylation sites (N-methyl/N-ethyl adjacent to an activating group) is 1.